The van der Waals surface area contributed by atoms with Crippen LogP contribution >= 0.6 is 11.6 Å². The summed E-state index contributed by atoms with van der Waals surface area (Å²) < 4.78 is 0. The molecular weight excluding hydrogens is 262 g/mol. The summed E-state index contributed by atoms with van der Waals surface area (Å²) in [6.45, 7) is 5.27. The minimum absolute atomic E-state index is 0.114. The first-order chi connectivity index (χ1) is 9.15. The summed E-state index contributed by atoms with van der Waals surface area (Å²) >= 11 is 6.01. The molecule has 1 aromatic rings. The van der Waals surface area contributed by atoms with Gasteiger partial charge >= 0.3 is 0 Å². The molecule has 0 bridgehead atoms. The molecule has 106 valence electrons. The summed E-state index contributed by atoms with van der Waals surface area (Å²) in [4.78, 5) is 9.22. The third-order valence-electron chi connectivity index (χ3n) is 3.72. The second kappa shape index (κ2) is 6.55. The van der Waals surface area contributed by atoms with Crippen molar-refractivity contribution in [3.05, 3.63) is 22.8 Å². The van der Waals surface area contributed by atoms with Gasteiger partial charge in [-0.15, -0.1) is 0 Å². The number of rotatable bonds is 3. The molecule has 0 amide bonds. The van der Waals surface area contributed by atoms with Gasteiger partial charge in [0.1, 0.15) is 5.82 Å². The molecule has 2 rings (SSSR count). The number of nitrogens with zero attached hydrogens (tertiary/aromatic N) is 3. The maximum atomic E-state index is 9.29. The summed E-state index contributed by atoms with van der Waals surface area (Å²) in [7, 11) is 2.17. The Morgan fingerprint density at radius 2 is 2.21 bits per heavy atom. The number of anilines is 1. The van der Waals surface area contributed by atoms with Crippen LogP contribution in [0.1, 0.15) is 25.5 Å². The van der Waals surface area contributed by atoms with Crippen molar-refractivity contribution in [1.82, 2.24) is 9.88 Å². The number of aliphatic hydroxyl groups is 1. The molecule has 1 aliphatic rings. The quantitative estimate of drug-likeness (QED) is 0.923. The fourth-order valence-corrected chi connectivity index (χ4v) is 2.80. The van der Waals surface area contributed by atoms with Gasteiger partial charge in [-0.05, 0) is 38.6 Å². The molecule has 1 saturated heterocycles. The second-order valence-corrected chi connectivity index (χ2v) is 5.53. The number of halogens is 1. The summed E-state index contributed by atoms with van der Waals surface area (Å²) in [5.41, 5.74) is 0.562. The van der Waals surface area contributed by atoms with Gasteiger partial charge in [-0.25, -0.2) is 4.98 Å². The Kier molecular flexibility index (Phi) is 5.02. The van der Waals surface area contributed by atoms with E-state index in [0.717, 1.165) is 38.3 Å². The Labute approximate surface area is 120 Å². The van der Waals surface area contributed by atoms with Gasteiger partial charge in [0.15, 0.2) is 0 Å². The van der Waals surface area contributed by atoms with E-state index in [1.165, 1.54) is 0 Å². The van der Waals surface area contributed by atoms with E-state index < -0.39 is 0 Å². The molecule has 4 nitrogen and oxygen atoms in total. The van der Waals surface area contributed by atoms with Crippen LogP contribution in [0.2, 0.25) is 5.02 Å². The van der Waals surface area contributed by atoms with Gasteiger partial charge in [-0.3, -0.25) is 0 Å². The van der Waals surface area contributed by atoms with E-state index in [2.05, 4.69) is 28.8 Å². The highest BCUT2D eigenvalue weighted by Crippen LogP contribution is 2.23. The van der Waals surface area contributed by atoms with E-state index in [1.54, 1.807) is 0 Å². The third kappa shape index (κ3) is 3.38. The number of pyridine rings is 1. The van der Waals surface area contributed by atoms with Gasteiger partial charge in [0.25, 0.3) is 0 Å². The predicted molar refractivity (Wildman–Crippen MR) is 78.7 cm³/mol. The van der Waals surface area contributed by atoms with Crippen LogP contribution in [-0.2, 0) is 6.61 Å². The van der Waals surface area contributed by atoms with Gasteiger partial charge in [0.05, 0.1) is 17.3 Å². The summed E-state index contributed by atoms with van der Waals surface area (Å²) in [6, 6.07) is 4.25. The Bertz CT molecular complexity index is 427. The molecule has 1 unspecified atom stereocenters. The van der Waals surface area contributed by atoms with Crippen LogP contribution in [-0.4, -0.2) is 47.7 Å². The molecule has 1 aromatic heterocycles. The molecule has 1 atom stereocenters. The van der Waals surface area contributed by atoms with Gasteiger partial charge in [0.2, 0.25) is 0 Å². The van der Waals surface area contributed by atoms with Crippen LogP contribution < -0.4 is 4.90 Å². The fourth-order valence-electron chi connectivity index (χ4n) is 2.64. The van der Waals surface area contributed by atoms with E-state index in [9.17, 15) is 5.11 Å². The summed E-state index contributed by atoms with van der Waals surface area (Å²) in [6.07, 6.45) is 2.22. The number of aromatic nitrogens is 1. The first-order valence-electron chi connectivity index (χ1n) is 6.87. The molecular formula is C14H22ClN3O. The van der Waals surface area contributed by atoms with Crippen LogP contribution in [0, 0.1) is 0 Å². The van der Waals surface area contributed by atoms with Crippen molar-refractivity contribution in [2.75, 3.05) is 31.6 Å². The molecule has 0 saturated carbocycles. The first kappa shape index (κ1) is 14.6. The van der Waals surface area contributed by atoms with Crippen LogP contribution in [0.15, 0.2) is 12.1 Å². The van der Waals surface area contributed by atoms with E-state index in [4.69, 9.17) is 11.6 Å². The zero-order chi connectivity index (χ0) is 13.8. The predicted octanol–water partition coefficient (Wildman–Crippen LogP) is 2.15. The maximum Gasteiger partial charge on any atom is 0.129 e. The van der Waals surface area contributed by atoms with Gasteiger partial charge < -0.3 is 14.9 Å². The Morgan fingerprint density at radius 1 is 1.42 bits per heavy atom. The first-order valence-corrected chi connectivity index (χ1v) is 7.25. The van der Waals surface area contributed by atoms with E-state index in [-0.39, 0.29) is 6.61 Å². The molecule has 1 N–H and O–H groups in total. The highest BCUT2D eigenvalue weighted by Gasteiger charge is 2.23. The molecule has 0 aliphatic carbocycles. The van der Waals surface area contributed by atoms with Crippen molar-refractivity contribution >= 4 is 17.4 Å². The number of hydrogen-bond acceptors (Lipinski definition) is 4. The molecule has 0 radical (unpaired) electrons. The molecule has 5 heteroatoms. The van der Waals surface area contributed by atoms with Gasteiger partial charge in [-0.1, -0.05) is 18.5 Å². The monoisotopic (exact) mass is 283 g/mol. The van der Waals surface area contributed by atoms with Crippen LogP contribution in [0.4, 0.5) is 5.82 Å². The summed E-state index contributed by atoms with van der Waals surface area (Å²) in [5, 5.41) is 9.82. The average molecular weight is 284 g/mol. The zero-order valence-electron chi connectivity index (χ0n) is 11.6. The molecule has 0 aromatic carbocycles. The van der Waals surface area contributed by atoms with E-state index in [0.29, 0.717) is 16.8 Å². The lowest BCUT2D eigenvalue weighted by Gasteiger charge is -2.31. The van der Waals surface area contributed by atoms with Crippen LogP contribution in [0.25, 0.3) is 0 Å². The number of aliphatic hydroxyl groups excluding tert-OH is 1. The lowest BCUT2D eigenvalue weighted by Crippen LogP contribution is -2.40. The minimum Gasteiger partial charge on any atom is -0.390 e. The van der Waals surface area contributed by atoms with Gasteiger partial charge in [0, 0.05) is 19.1 Å². The third-order valence-corrected chi connectivity index (χ3v) is 4.07. The van der Waals surface area contributed by atoms with E-state index >= 15 is 0 Å². The number of hydrogen-bond donors (Lipinski definition) is 1. The largest absolute Gasteiger partial charge is 0.390 e. The second-order valence-electron chi connectivity index (χ2n) is 5.13. The molecule has 1 aliphatic heterocycles. The van der Waals surface area contributed by atoms with Crippen LogP contribution in [0.3, 0.4) is 0 Å². The highest BCUT2D eigenvalue weighted by atomic mass is 35.5. The summed E-state index contributed by atoms with van der Waals surface area (Å²) in [5.74, 6) is 0.926. The minimum atomic E-state index is -0.114. The fraction of sp³-hybridized carbons (Fsp3) is 0.643. The topological polar surface area (TPSA) is 39.6 Å². The van der Waals surface area contributed by atoms with Crippen molar-refractivity contribution in [3.8, 4) is 0 Å². The molecule has 19 heavy (non-hydrogen) atoms. The zero-order valence-corrected chi connectivity index (χ0v) is 12.4. The molecule has 2 heterocycles. The lowest BCUT2D eigenvalue weighted by atomic mass is 10.2. The normalized spacial score (nSPS) is 21.5. The number of likely N-dealkylation sites (N-methyl/N-ethyl adjacent to an activating group) is 1. The lowest BCUT2D eigenvalue weighted by molar-refractivity contribution is 0.277. The Hall–Kier alpha value is -0.840. The maximum absolute atomic E-state index is 9.29. The van der Waals surface area contributed by atoms with Crippen molar-refractivity contribution in [2.24, 2.45) is 0 Å². The highest BCUT2D eigenvalue weighted by molar-refractivity contribution is 6.31. The van der Waals surface area contributed by atoms with Crippen molar-refractivity contribution in [1.29, 1.82) is 0 Å². The van der Waals surface area contributed by atoms with Crippen molar-refractivity contribution in [2.45, 2.75) is 32.4 Å². The van der Waals surface area contributed by atoms with Crippen molar-refractivity contribution in [3.63, 3.8) is 0 Å². The standard InChI is InChI=1S/C14H22ClN3O/c1-3-11-9-17(2)7-4-8-18(11)14-6-5-12(15)13(10-19)16-14/h5-6,11,19H,3-4,7-10H2,1-2H3. The van der Waals surface area contributed by atoms with Crippen molar-refractivity contribution < 1.29 is 5.11 Å². The van der Waals surface area contributed by atoms with E-state index in [1.807, 2.05) is 12.1 Å². The smallest absolute Gasteiger partial charge is 0.129 e. The molecule has 0 spiro atoms. The molecule has 1 fully saturated rings. The Morgan fingerprint density at radius 3 is 2.89 bits per heavy atom. The Balaban J connectivity index is 2.27. The SMILES string of the molecule is CCC1CN(C)CCCN1c1ccc(Cl)c(CO)n1. The average Bonchev–Trinajstić information content (AvgIpc) is 2.60. The van der Waals surface area contributed by atoms with Crippen LogP contribution in [0.5, 0.6) is 0 Å². The van der Waals surface area contributed by atoms with Gasteiger partial charge in [-0.2, -0.15) is 0 Å².